The van der Waals surface area contributed by atoms with Crippen molar-refractivity contribution in [2.45, 2.75) is 25.8 Å². The van der Waals surface area contributed by atoms with Crippen LogP contribution in [0.1, 0.15) is 30.4 Å². The summed E-state index contributed by atoms with van der Waals surface area (Å²) in [6, 6.07) is 19.4. The van der Waals surface area contributed by atoms with E-state index in [1.54, 1.807) is 24.4 Å². The monoisotopic (exact) mass is 364 g/mol. The third kappa shape index (κ3) is 5.38. The van der Waals surface area contributed by atoms with Crippen molar-refractivity contribution in [2.24, 2.45) is 0 Å². The number of hydrogen-bond acceptors (Lipinski definition) is 3. The third-order valence-electron chi connectivity index (χ3n) is 4.20. The number of carbonyl (C=O) groups excluding carboxylic acids is 1. The second kappa shape index (κ2) is 8.94. The summed E-state index contributed by atoms with van der Waals surface area (Å²) in [5, 5.41) is 2.90. The van der Waals surface area contributed by atoms with E-state index in [0.29, 0.717) is 24.6 Å². The van der Waals surface area contributed by atoms with Crippen LogP contribution in [-0.4, -0.2) is 10.9 Å². The number of carbonyl (C=O) groups is 1. The van der Waals surface area contributed by atoms with Gasteiger partial charge in [-0.25, -0.2) is 9.37 Å². The van der Waals surface area contributed by atoms with Crippen molar-refractivity contribution < 1.29 is 13.9 Å². The minimum absolute atomic E-state index is 0.0492. The van der Waals surface area contributed by atoms with Crippen molar-refractivity contribution >= 4 is 5.91 Å². The van der Waals surface area contributed by atoms with Crippen molar-refractivity contribution in [3.05, 3.63) is 89.9 Å². The summed E-state index contributed by atoms with van der Waals surface area (Å²) in [5.74, 6) is 0.404. The largest absolute Gasteiger partial charge is 0.439 e. The van der Waals surface area contributed by atoms with Gasteiger partial charge in [-0.05, 0) is 29.7 Å². The number of amides is 1. The molecule has 27 heavy (non-hydrogen) atoms. The maximum atomic E-state index is 13.3. The van der Waals surface area contributed by atoms with Gasteiger partial charge in [0, 0.05) is 30.8 Å². The van der Waals surface area contributed by atoms with Gasteiger partial charge in [0.25, 0.3) is 0 Å². The van der Waals surface area contributed by atoms with Gasteiger partial charge in [0.2, 0.25) is 11.8 Å². The zero-order valence-corrected chi connectivity index (χ0v) is 15.1. The Labute approximate surface area is 158 Å². The van der Waals surface area contributed by atoms with Crippen LogP contribution < -0.4 is 10.1 Å². The van der Waals surface area contributed by atoms with Gasteiger partial charge < -0.3 is 10.1 Å². The predicted octanol–water partition coefficient (Wildman–Crippen LogP) is 4.82. The van der Waals surface area contributed by atoms with Crippen LogP contribution in [0.4, 0.5) is 4.39 Å². The van der Waals surface area contributed by atoms with Crippen LogP contribution in [0.15, 0.2) is 72.9 Å². The highest BCUT2D eigenvalue weighted by atomic mass is 19.1. The molecule has 0 fully saturated rings. The first-order chi connectivity index (χ1) is 13.1. The van der Waals surface area contributed by atoms with E-state index < -0.39 is 0 Å². The summed E-state index contributed by atoms with van der Waals surface area (Å²) in [5.41, 5.74) is 1.85. The van der Waals surface area contributed by atoms with Crippen molar-refractivity contribution in [2.75, 3.05) is 0 Å². The Balaban J connectivity index is 1.60. The highest BCUT2D eigenvalue weighted by Gasteiger charge is 2.12. The first kappa shape index (κ1) is 18.6. The first-order valence-electron chi connectivity index (χ1n) is 8.81. The fraction of sp³-hybridized carbons (Fsp3) is 0.182. The second-order valence-corrected chi connectivity index (χ2v) is 6.32. The van der Waals surface area contributed by atoms with Crippen molar-refractivity contribution in [3.63, 3.8) is 0 Å². The quantitative estimate of drug-likeness (QED) is 0.654. The zero-order chi connectivity index (χ0) is 19.1. The number of hydrogen-bond donors (Lipinski definition) is 1. The molecule has 0 saturated carbocycles. The molecule has 1 atom stereocenters. The molecule has 0 aliphatic heterocycles. The molecule has 0 bridgehead atoms. The number of nitrogens with one attached hydrogen (secondary N) is 1. The molecule has 1 N–H and O–H groups in total. The van der Waals surface area contributed by atoms with Gasteiger partial charge in [-0.1, -0.05) is 49.4 Å². The van der Waals surface area contributed by atoms with Gasteiger partial charge in [0.1, 0.15) is 11.6 Å². The Hall–Kier alpha value is -3.21. The molecule has 2 aromatic carbocycles. The van der Waals surface area contributed by atoms with Crippen LogP contribution >= 0.6 is 0 Å². The van der Waals surface area contributed by atoms with Crippen LogP contribution in [0, 0.1) is 5.82 Å². The summed E-state index contributed by atoms with van der Waals surface area (Å²) in [4.78, 5) is 16.5. The number of benzene rings is 2. The lowest BCUT2D eigenvalue weighted by Crippen LogP contribution is -2.24. The molecule has 1 amide bonds. The van der Waals surface area contributed by atoms with E-state index in [9.17, 15) is 9.18 Å². The smallest absolute Gasteiger partial charge is 0.224 e. The van der Waals surface area contributed by atoms with Crippen LogP contribution in [0.25, 0.3) is 0 Å². The van der Waals surface area contributed by atoms with Gasteiger partial charge >= 0.3 is 0 Å². The SMILES string of the molecule is C[C@@H](CC(=O)NCc1cccnc1Oc1cccc(F)c1)c1ccccc1. The highest BCUT2D eigenvalue weighted by molar-refractivity contribution is 5.76. The van der Waals surface area contributed by atoms with Crippen molar-refractivity contribution in [1.82, 2.24) is 10.3 Å². The minimum atomic E-state index is -0.381. The molecule has 3 aromatic rings. The first-order valence-corrected chi connectivity index (χ1v) is 8.81. The van der Waals surface area contributed by atoms with Crippen LogP contribution in [0.3, 0.4) is 0 Å². The normalized spacial score (nSPS) is 11.6. The highest BCUT2D eigenvalue weighted by Crippen LogP contribution is 2.23. The fourth-order valence-electron chi connectivity index (χ4n) is 2.74. The lowest BCUT2D eigenvalue weighted by Gasteiger charge is -2.13. The Morgan fingerprint density at radius 2 is 1.93 bits per heavy atom. The third-order valence-corrected chi connectivity index (χ3v) is 4.20. The number of aromatic nitrogens is 1. The van der Waals surface area contributed by atoms with Crippen molar-refractivity contribution in [3.8, 4) is 11.6 Å². The maximum Gasteiger partial charge on any atom is 0.224 e. The molecule has 0 saturated heterocycles. The average Bonchev–Trinajstić information content (AvgIpc) is 2.68. The number of nitrogens with zero attached hydrogens (tertiary/aromatic N) is 1. The molecule has 5 heteroatoms. The van der Waals surface area contributed by atoms with Gasteiger partial charge in [0.05, 0.1) is 0 Å². The number of ether oxygens (including phenoxy) is 1. The Bertz CT molecular complexity index is 900. The molecule has 0 spiro atoms. The van der Waals surface area contributed by atoms with E-state index >= 15 is 0 Å². The molecule has 1 heterocycles. The second-order valence-electron chi connectivity index (χ2n) is 6.32. The van der Waals surface area contributed by atoms with Crippen LogP contribution in [0.2, 0.25) is 0 Å². The minimum Gasteiger partial charge on any atom is -0.439 e. The van der Waals surface area contributed by atoms with Crippen LogP contribution in [0.5, 0.6) is 11.6 Å². The lowest BCUT2D eigenvalue weighted by molar-refractivity contribution is -0.121. The standard InChI is InChI=1S/C22H21FN2O2/c1-16(17-7-3-2-4-8-17)13-21(26)25-15-18-9-6-12-24-22(18)27-20-11-5-10-19(23)14-20/h2-12,14,16H,13,15H2,1H3,(H,25,26)/t16-/m0/s1. The summed E-state index contributed by atoms with van der Waals surface area (Å²) >= 11 is 0. The van der Waals surface area contributed by atoms with E-state index in [2.05, 4.69) is 10.3 Å². The fourth-order valence-corrected chi connectivity index (χ4v) is 2.74. The van der Waals surface area contributed by atoms with E-state index in [1.807, 2.05) is 43.3 Å². The Kier molecular flexibility index (Phi) is 6.15. The summed E-state index contributed by atoms with van der Waals surface area (Å²) < 4.78 is 19.0. The number of rotatable bonds is 7. The van der Waals surface area contributed by atoms with E-state index in [-0.39, 0.29) is 17.6 Å². The number of pyridine rings is 1. The Morgan fingerprint density at radius 1 is 1.11 bits per heavy atom. The van der Waals surface area contributed by atoms with Crippen molar-refractivity contribution in [1.29, 1.82) is 0 Å². The molecule has 3 rings (SSSR count). The molecule has 0 unspecified atom stereocenters. The molecule has 1 aromatic heterocycles. The molecule has 4 nitrogen and oxygen atoms in total. The molecule has 0 aliphatic carbocycles. The summed E-state index contributed by atoms with van der Waals surface area (Å²) in [6.07, 6.45) is 1.99. The average molecular weight is 364 g/mol. The predicted molar refractivity (Wildman–Crippen MR) is 102 cm³/mol. The van der Waals surface area contributed by atoms with E-state index in [0.717, 1.165) is 11.1 Å². The van der Waals surface area contributed by atoms with E-state index in [1.165, 1.54) is 12.1 Å². The summed E-state index contributed by atoms with van der Waals surface area (Å²) in [7, 11) is 0. The van der Waals surface area contributed by atoms with Gasteiger partial charge in [0.15, 0.2) is 0 Å². The van der Waals surface area contributed by atoms with Gasteiger partial charge in [-0.2, -0.15) is 0 Å². The van der Waals surface area contributed by atoms with Crippen LogP contribution in [-0.2, 0) is 11.3 Å². The molecule has 0 radical (unpaired) electrons. The number of halogens is 1. The molecular formula is C22H21FN2O2. The lowest BCUT2D eigenvalue weighted by atomic mass is 9.97. The summed E-state index contributed by atoms with van der Waals surface area (Å²) in [6.45, 7) is 2.32. The molecule has 138 valence electrons. The van der Waals surface area contributed by atoms with Gasteiger partial charge in [-0.3, -0.25) is 4.79 Å². The Morgan fingerprint density at radius 3 is 2.70 bits per heavy atom. The zero-order valence-electron chi connectivity index (χ0n) is 15.1. The maximum absolute atomic E-state index is 13.3. The van der Waals surface area contributed by atoms with E-state index in [4.69, 9.17) is 4.74 Å². The van der Waals surface area contributed by atoms with Gasteiger partial charge in [-0.15, -0.1) is 0 Å². The molecular weight excluding hydrogens is 343 g/mol. The molecule has 0 aliphatic rings. The topological polar surface area (TPSA) is 51.2 Å².